The van der Waals surface area contributed by atoms with E-state index < -0.39 is 23.9 Å². The summed E-state index contributed by atoms with van der Waals surface area (Å²) in [5, 5.41) is 11.8. The zero-order valence-electron chi connectivity index (χ0n) is 15.1. The predicted molar refractivity (Wildman–Crippen MR) is 112 cm³/mol. The molecule has 7 nitrogen and oxygen atoms in total. The Morgan fingerprint density at radius 3 is 2.55 bits per heavy atom. The molecule has 1 saturated heterocycles. The minimum absolute atomic E-state index is 0.0363. The predicted octanol–water partition coefficient (Wildman–Crippen LogP) is 3.02. The molecule has 1 atom stereocenters. The van der Waals surface area contributed by atoms with Gasteiger partial charge < -0.3 is 9.84 Å². The number of nitrogens with zero attached hydrogens (tertiary/aromatic N) is 1. The van der Waals surface area contributed by atoms with Crippen molar-refractivity contribution in [2.45, 2.75) is 13.0 Å². The monoisotopic (exact) mass is 430 g/mol. The molecule has 1 aliphatic heterocycles. The fourth-order valence-corrected chi connectivity index (χ4v) is 3.04. The van der Waals surface area contributed by atoms with Gasteiger partial charge in [0, 0.05) is 5.02 Å². The summed E-state index contributed by atoms with van der Waals surface area (Å²) in [6.45, 7) is 1.41. The third kappa shape index (κ3) is 4.61. The van der Waals surface area contributed by atoms with Crippen LogP contribution in [0.1, 0.15) is 12.5 Å². The summed E-state index contributed by atoms with van der Waals surface area (Å²) >= 11 is 11.1. The summed E-state index contributed by atoms with van der Waals surface area (Å²) in [4.78, 5) is 37.3. The smallest absolute Gasteiger partial charge is 0.344 e. The Labute approximate surface area is 176 Å². The van der Waals surface area contributed by atoms with Crippen molar-refractivity contribution in [1.29, 1.82) is 0 Å². The van der Waals surface area contributed by atoms with Crippen molar-refractivity contribution in [1.82, 2.24) is 5.32 Å². The van der Waals surface area contributed by atoms with Crippen LogP contribution in [0.3, 0.4) is 0 Å². The molecule has 1 fully saturated rings. The van der Waals surface area contributed by atoms with Crippen LogP contribution in [0, 0.1) is 0 Å². The summed E-state index contributed by atoms with van der Waals surface area (Å²) in [6.07, 6.45) is 0.415. The van der Waals surface area contributed by atoms with Crippen LogP contribution < -0.4 is 15.0 Å². The highest BCUT2D eigenvalue weighted by atomic mass is 35.5. The van der Waals surface area contributed by atoms with Gasteiger partial charge in [-0.2, -0.15) is 0 Å². The van der Waals surface area contributed by atoms with E-state index in [4.69, 9.17) is 33.7 Å². The number of aliphatic carboxylic acids is 1. The molecule has 0 aromatic heterocycles. The molecule has 0 aliphatic carbocycles. The van der Waals surface area contributed by atoms with Crippen molar-refractivity contribution in [3.8, 4) is 5.75 Å². The molecule has 0 unspecified atom stereocenters. The van der Waals surface area contributed by atoms with E-state index >= 15 is 0 Å². The molecule has 2 N–H and O–H groups in total. The third-order valence-corrected chi connectivity index (χ3v) is 4.54. The molecule has 0 saturated carbocycles. The first kappa shape index (κ1) is 20.5. The Bertz CT molecular complexity index is 1040. The Morgan fingerprint density at radius 2 is 1.93 bits per heavy atom. The second-order valence-corrected chi connectivity index (χ2v) is 6.93. The molecule has 1 heterocycles. The minimum Gasteiger partial charge on any atom is -0.479 e. The number of hydrogen-bond acceptors (Lipinski definition) is 5. The molecule has 3 rings (SSSR count). The van der Waals surface area contributed by atoms with Gasteiger partial charge in [0.25, 0.3) is 11.8 Å². The Balaban J connectivity index is 1.87. The highest BCUT2D eigenvalue weighted by Gasteiger charge is 2.34. The first-order valence-corrected chi connectivity index (χ1v) is 9.21. The number of amides is 2. The largest absolute Gasteiger partial charge is 0.479 e. The van der Waals surface area contributed by atoms with E-state index in [2.05, 4.69) is 5.32 Å². The second-order valence-electron chi connectivity index (χ2n) is 6.11. The average molecular weight is 431 g/mol. The van der Waals surface area contributed by atoms with E-state index in [1.165, 1.54) is 17.9 Å². The number of carboxylic acid groups (broad SMARTS) is 1. The number of halogens is 1. The number of carbonyl (C=O) groups is 3. The van der Waals surface area contributed by atoms with Crippen molar-refractivity contribution in [2.75, 3.05) is 4.90 Å². The van der Waals surface area contributed by atoms with E-state index in [0.29, 0.717) is 22.0 Å². The number of carbonyl (C=O) groups excluding carboxylic acids is 2. The lowest BCUT2D eigenvalue weighted by molar-refractivity contribution is -0.144. The van der Waals surface area contributed by atoms with E-state index in [1.54, 1.807) is 48.5 Å². The summed E-state index contributed by atoms with van der Waals surface area (Å²) in [6, 6.07) is 12.9. The average Bonchev–Trinajstić information content (AvgIpc) is 2.66. The molecule has 0 bridgehead atoms. The van der Waals surface area contributed by atoms with Crippen molar-refractivity contribution in [3.63, 3.8) is 0 Å². The molecule has 2 aromatic rings. The number of benzene rings is 2. The first-order chi connectivity index (χ1) is 13.8. The van der Waals surface area contributed by atoms with Gasteiger partial charge in [-0.25, -0.2) is 4.79 Å². The lowest BCUT2D eigenvalue weighted by Crippen LogP contribution is -2.54. The second kappa shape index (κ2) is 8.42. The van der Waals surface area contributed by atoms with Crippen LogP contribution in [0.4, 0.5) is 5.69 Å². The molecule has 0 radical (unpaired) electrons. The lowest BCUT2D eigenvalue weighted by Gasteiger charge is -2.29. The Morgan fingerprint density at radius 1 is 1.24 bits per heavy atom. The van der Waals surface area contributed by atoms with E-state index in [0.717, 1.165) is 0 Å². The third-order valence-electron chi connectivity index (χ3n) is 4.02. The van der Waals surface area contributed by atoms with Gasteiger partial charge in [0.15, 0.2) is 11.2 Å². The van der Waals surface area contributed by atoms with Gasteiger partial charge in [-0.15, -0.1) is 0 Å². The van der Waals surface area contributed by atoms with Crippen molar-refractivity contribution in [3.05, 3.63) is 64.7 Å². The molecule has 2 amide bonds. The number of anilines is 1. The molecular weight excluding hydrogens is 416 g/mol. The maximum absolute atomic E-state index is 12.9. The number of nitrogens with one attached hydrogen (secondary N) is 1. The number of carboxylic acids is 1. The van der Waals surface area contributed by atoms with Gasteiger partial charge in [-0.1, -0.05) is 29.8 Å². The van der Waals surface area contributed by atoms with E-state index in [-0.39, 0.29) is 10.7 Å². The normalized spacial score (nSPS) is 16.6. The Kier molecular flexibility index (Phi) is 5.95. The quantitative estimate of drug-likeness (QED) is 0.430. The van der Waals surface area contributed by atoms with Gasteiger partial charge in [-0.05, 0) is 61.1 Å². The minimum atomic E-state index is -1.09. The van der Waals surface area contributed by atoms with E-state index in [9.17, 15) is 14.4 Å². The number of ether oxygens (including phenoxy) is 1. The number of rotatable bonds is 5. The summed E-state index contributed by atoms with van der Waals surface area (Å²) in [5.74, 6) is -1.93. The fourth-order valence-electron chi connectivity index (χ4n) is 2.57. The lowest BCUT2D eigenvalue weighted by atomic mass is 10.1. The van der Waals surface area contributed by atoms with Crippen LogP contribution in [-0.4, -0.2) is 34.1 Å². The molecule has 2 aromatic carbocycles. The maximum Gasteiger partial charge on any atom is 0.344 e. The van der Waals surface area contributed by atoms with Crippen LogP contribution in [0.25, 0.3) is 6.08 Å². The van der Waals surface area contributed by atoms with Gasteiger partial charge in [-0.3, -0.25) is 19.8 Å². The first-order valence-electron chi connectivity index (χ1n) is 8.43. The van der Waals surface area contributed by atoms with Crippen LogP contribution in [0.15, 0.2) is 54.1 Å². The Hall–Kier alpha value is -3.23. The van der Waals surface area contributed by atoms with Crippen molar-refractivity contribution < 1.29 is 24.2 Å². The van der Waals surface area contributed by atoms with Crippen LogP contribution in [0.2, 0.25) is 5.02 Å². The molecule has 29 heavy (non-hydrogen) atoms. The zero-order chi connectivity index (χ0) is 21.1. The fraction of sp³-hybridized carbons (Fsp3) is 0.100. The molecule has 0 spiro atoms. The number of hydrogen-bond donors (Lipinski definition) is 2. The SMILES string of the molecule is C[C@H](Oc1ccc(/C=C2/C(=O)NC(=S)N(c3cccc(Cl)c3)C2=O)cc1)C(=O)O. The molecule has 148 valence electrons. The highest BCUT2D eigenvalue weighted by Crippen LogP contribution is 2.25. The van der Waals surface area contributed by atoms with Crippen LogP contribution in [-0.2, 0) is 14.4 Å². The topological polar surface area (TPSA) is 95.9 Å². The van der Waals surface area contributed by atoms with E-state index in [1.807, 2.05) is 0 Å². The van der Waals surface area contributed by atoms with Crippen LogP contribution >= 0.6 is 23.8 Å². The highest BCUT2D eigenvalue weighted by molar-refractivity contribution is 7.80. The summed E-state index contributed by atoms with van der Waals surface area (Å²) in [7, 11) is 0. The summed E-state index contributed by atoms with van der Waals surface area (Å²) in [5.41, 5.74) is 0.883. The standard InChI is InChI=1S/C20H15ClN2O5S/c1-11(19(26)27)28-15-7-5-12(6-8-15)9-16-17(24)22-20(29)23(18(16)25)14-4-2-3-13(21)10-14/h2-11H,1H3,(H,26,27)(H,22,24,29)/b16-9-/t11-/m0/s1. The zero-order valence-corrected chi connectivity index (χ0v) is 16.7. The van der Waals surface area contributed by atoms with Crippen molar-refractivity contribution in [2.24, 2.45) is 0 Å². The van der Waals surface area contributed by atoms with Gasteiger partial charge in [0.1, 0.15) is 11.3 Å². The molecule has 9 heteroatoms. The summed E-state index contributed by atoms with van der Waals surface area (Å²) < 4.78 is 5.26. The van der Waals surface area contributed by atoms with Crippen LogP contribution in [0.5, 0.6) is 5.75 Å². The van der Waals surface area contributed by atoms with Gasteiger partial charge in [0.05, 0.1) is 5.69 Å². The molecule has 1 aliphatic rings. The number of thiocarbonyl (C=S) groups is 1. The molecular formula is C20H15ClN2O5S. The maximum atomic E-state index is 12.9. The van der Waals surface area contributed by atoms with Gasteiger partial charge >= 0.3 is 5.97 Å². The van der Waals surface area contributed by atoms with Crippen molar-refractivity contribution >= 4 is 58.5 Å². The van der Waals surface area contributed by atoms with Gasteiger partial charge in [0.2, 0.25) is 0 Å².